The van der Waals surface area contributed by atoms with Crippen LogP contribution in [0.3, 0.4) is 0 Å². The van der Waals surface area contributed by atoms with Crippen LogP contribution in [0.1, 0.15) is 0 Å². The Morgan fingerprint density at radius 2 is 1.18 bits per heavy atom. The van der Waals surface area contributed by atoms with Gasteiger partial charge in [0.15, 0.2) is 0 Å². The SMILES string of the molecule is [Y].[c-]1cc[nH]c1-c1[c-]ccc2cc3cc4cc5ccccc5cc4cc3cc12. The summed E-state index contributed by atoms with van der Waals surface area (Å²) in [4.78, 5) is 3.26. The maximum atomic E-state index is 3.38. The van der Waals surface area contributed by atoms with Gasteiger partial charge in [0.25, 0.3) is 0 Å². The molecule has 0 saturated carbocycles. The van der Waals surface area contributed by atoms with Gasteiger partial charge in [-0.1, -0.05) is 30.3 Å². The first-order chi connectivity index (χ1) is 13.3. The van der Waals surface area contributed by atoms with E-state index in [1.807, 2.05) is 18.3 Å². The zero-order valence-corrected chi connectivity index (χ0v) is 18.0. The van der Waals surface area contributed by atoms with E-state index < -0.39 is 0 Å². The van der Waals surface area contributed by atoms with Crippen LogP contribution in [-0.2, 0) is 32.7 Å². The maximum absolute atomic E-state index is 3.38. The average molecular weight is 430 g/mol. The van der Waals surface area contributed by atoms with Crippen molar-refractivity contribution in [2.24, 2.45) is 0 Å². The molecule has 0 saturated heterocycles. The van der Waals surface area contributed by atoms with E-state index in [0.717, 1.165) is 11.3 Å². The fourth-order valence-corrected chi connectivity index (χ4v) is 4.05. The molecule has 1 N–H and O–H groups in total. The largest absolute Gasteiger partial charge is 0.474 e. The number of aromatic nitrogens is 1. The van der Waals surface area contributed by atoms with Gasteiger partial charge in [0, 0.05) is 32.7 Å². The number of hydrogen-bond donors (Lipinski definition) is 1. The molecule has 1 nitrogen and oxygen atoms in total. The van der Waals surface area contributed by atoms with E-state index in [0.29, 0.717) is 0 Å². The van der Waals surface area contributed by atoms with Crippen LogP contribution in [0.5, 0.6) is 0 Å². The number of aromatic amines is 1. The van der Waals surface area contributed by atoms with Gasteiger partial charge >= 0.3 is 0 Å². The molecule has 6 aromatic rings. The number of hydrogen-bond acceptors (Lipinski definition) is 0. The summed E-state index contributed by atoms with van der Waals surface area (Å²) < 4.78 is 0. The Kier molecular flexibility index (Phi) is 4.31. The Morgan fingerprint density at radius 1 is 0.571 bits per heavy atom. The number of nitrogens with one attached hydrogen (secondary N) is 1. The van der Waals surface area contributed by atoms with Gasteiger partial charge in [0.1, 0.15) is 0 Å². The number of benzene rings is 5. The molecular weight excluding hydrogens is 415 g/mol. The van der Waals surface area contributed by atoms with Crippen LogP contribution in [0.4, 0.5) is 0 Å². The van der Waals surface area contributed by atoms with Crippen molar-refractivity contribution < 1.29 is 32.7 Å². The van der Waals surface area contributed by atoms with Crippen molar-refractivity contribution in [2.45, 2.75) is 0 Å². The first-order valence-corrected chi connectivity index (χ1v) is 9.11. The fraction of sp³-hybridized carbons (Fsp3) is 0. The van der Waals surface area contributed by atoms with E-state index in [-0.39, 0.29) is 32.7 Å². The molecule has 28 heavy (non-hydrogen) atoms. The second-order valence-corrected chi connectivity index (χ2v) is 7.04. The molecule has 6 rings (SSSR count). The summed E-state index contributed by atoms with van der Waals surface area (Å²) in [5.74, 6) is 0. The Hall–Kier alpha value is -2.48. The third kappa shape index (κ3) is 2.78. The molecule has 0 atom stereocenters. The normalized spacial score (nSPS) is 11.3. The third-order valence-electron chi connectivity index (χ3n) is 5.38. The zero-order valence-electron chi connectivity index (χ0n) is 15.2. The van der Waals surface area contributed by atoms with E-state index in [9.17, 15) is 0 Å². The van der Waals surface area contributed by atoms with Crippen LogP contribution in [-0.4, -0.2) is 4.98 Å². The second kappa shape index (κ2) is 6.85. The standard InChI is InChI=1S/C26H15N.Y/c1-2-6-18-12-21-15-23-16-25-19(7-3-8-24(25)26-9-4-10-27-26)13-22(23)14-20(21)11-17(18)5-1;/h1-7,10-16,27H;/q-2;. The van der Waals surface area contributed by atoms with Crippen molar-refractivity contribution >= 4 is 43.1 Å². The predicted octanol–water partition coefficient (Wildman–Crippen LogP) is 6.89. The second-order valence-electron chi connectivity index (χ2n) is 7.04. The molecule has 0 fully saturated rings. The molecule has 1 radical (unpaired) electrons. The maximum Gasteiger partial charge on any atom is 0 e. The summed E-state index contributed by atoms with van der Waals surface area (Å²) in [6, 6.07) is 34.9. The van der Waals surface area contributed by atoms with Gasteiger partial charge in [0.05, 0.1) is 0 Å². The molecule has 1 heterocycles. The van der Waals surface area contributed by atoms with Crippen LogP contribution in [0, 0.1) is 12.1 Å². The van der Waals surface area contributed by atoms with Gasteiger partial charge in [-0.15, -0.1) is 23.7 Å². The quantitative estimate of drug-likeness (QED) is 0.216. The van der Waals surface area contributed by atoms with Gasteiger partial charge in [-0.25, -0.2) is 17.7 Å². The molecular formula is C26H15NY-2. The van der Waals surface area contributed by atoms with Crippen molar-refractivity contribution in [3.63, 3.8) is 0 Å². The number of H-pyrrole nitrogens is 1. The summed E-state index contributed by atoms with van der Waals surface area (Å²) in [7, 11) is 0. The van der Waals surface area contributed by atoms with Crippen LogP contribution < -0.4 is 0 Å². The van der Waals surface area contributed by atoms with Gasteiger partial charge in [0.2, 0.25) is 0 Å². The van der Waals surface area contributed by atoms with Crippen LogP contribution in [0.25, 0.3) is 54.3 Å². The minimum Gasteiger partial charge on any atom is -0.474 e. The first-order valence-electron chi connectivity index (χ1n) is 9.11. The number of fused-ring (bicyclic) bond motifs is 4. The summed E-state index contributed by atoms with van der Waals surface area (Å²) in [5, 5.41) is 10.0. The monoisotopic (exact) mass is 430 g/mol. The van der Waals surface area contributed by atoms with E-state index in [2.05, 4.69) is 83.8 Å². The number of rotatable bonds is 1. The minimum atomic E-state index is 0. The van der Waals surface area contributed by atoms with Gasteiger partial charge in [-0.05, 0) is 56.6 Å². The first kappa shape index (κ1) is 17.6. The van der Waals surface area contributed by atoms with Crippen molar-refractivity contribution in [1.29, 1.82) is 0 Å². The average Bonchev–Trinajstić information content (AvgIpc) is 3.23. The molecule has 0 aliphatic carbocycles. The minimum absolute atomic E-state index is 0. The van der Waals surface area contributed by atoms with Crippen molar-refractivity contribution in [2.75, 3.05) is 0 Å². The van der Waals surface area contributed by atoms with Gasteiger partial charge < -0.3 is 4.98 Å². The van der Waals surface area contributed by atoms with Gasteiger partial charge in [-0.2, -0.15) is 23.2 Å². The Labute approximate surface area is 188 Å². The van der Waals surface area contributed by atoms with Crippen LogP contribution in [0.15, 0.2) is 85.1 Å². The molecule has 2 heteroatoms. The molecule has 0 bridgehead atoms. The molecule has 0 aliphatic rings. The summed E-state index contributed by atoms with van der Waals surface area (Å²) >= 11 is 0. The summed E-state index contributed by atoms with van der Waals surface area (Å²) in [6.45, 7) is 0. The van der Waals surface area contributed by atoms with Crippen LogP contribution >= 0.6 is 0 Å². The van der Waals surface area contributed by atoms with E-state index in [1.54, 1.807) is 0 Å². The zero-order chi connectivity index (χ0) is 17.8. The van der Waals surface area contributed by atoms with Gasteiger partial charge in [-0.3, -0.25) is 0 Å². The molecule has 5 aromatic carbocycles. The molecule has 1 aromatic heterocycles. The van der Waals surface area contributed by atoms with E-state index in [4.69, 9.17) is 0 Å². The smallest absolute Gasteiger partial charge is 0 e. The van der Waals surface area contributed by atoms with E-state index in [1.165, 1.54) is 43.1 Å². The Balaban J connectivity index is 0.00000171. The Bertz CT molecular complexity index is 1460. The van der Waals surface area contributed by atoms with Crippen molar-refractivity contribution in [3.05, 3.63) is 97.2 Å². The predicted molar refractivity (Wildman–Crippen MR) is 114 cm³/mol. The van der Waals surface area contributed by atoms with Crippen LogP contribution in [0.2, 0.25) is 0 Å². The van der Waals surface area contributed by atoms with Crippen molar-refractivity contribution in [3.8, 4) is 11.3 Å². The Morgan fingerprint density at radius 3 is 1.82 bits per heavy atom. The molecule has 129 valence electrons. The van der Waals surface area contributed by atoms with E-state index >= 15 is 0 Å². The molecule has 0 unspecified atom stereocenters. The molecule has 0 amide bonds. The molecule has 0 aliphatic heterocycles. The summed E-state index contributed by atoms with van der Waals surface area (Å²) in [5.41, 5.74) is 2.05. The summed E-state index contributed by atoms with van der Waals surface area (Å²) in [6.07, 6.45) is 1.90. The topological polar surface area (TPSA) is 15.8 Å². The van der Waals surface area contributed by atoms with Crippen molar-refractivity contribution in [1.82, 2.24) is 4.98 Å². The third-order valence-corrected chi connectivity index (χ3v) is 5.38. The fourth-order valence-electron chi connectivity index (χ4n) is 4.05. The molecule has 0 spiro atoms.